The number of anilines is 2. The molecule has 0 radical (unpaired) electrons. The maximum Gasteiger partial charge on any atom is 0.196 e. The third-order valence-corrected chi connectivity index (χ3v) is 3.03. The van der Waals surface area contributed by atoms with Crippen LogP contribution in [0.5, 0.6) is 0 Å². The summed E-state index contributed by atoms with van der Waals surface area (Å²) in [6, 6.07) is 8.33. The average Bonchev–Trinajstić information content (AvgIpc) is 2.32. The monoisotopic (exact) mass is 291 g/mol. The van der Waals surface area contributed by atoms with Gasteiger partial charge >= 0.3 is 0 Å². The largest absolute Gasteiger partial charge is 0.398 e. The molecule has 0 amide bonds. The molecule has 2 aromatic rings. The quantitative estimate of drug-likeness (QED) is 0.657. The van der Waals surface area contributed by atoms with Crippen LogP contribution >= 0.6 is 15.9 Å². The molecule has 17 heavy (non-hydrogen) atoms. The van der Waals surface area contributed by atoms with Gasteiger partial charge in [0.05, 0.1) is 5.56 Å². The highest BCUT2D eigenvalue weighted by molar-refractivity contribution is 9.10. The Balaban J connectivity index is 2.44. The van der Waals surface area contributed by atoms with Gasteiger partial charge < -0.3 is 11.5 Å². The number of benzene rings is 1. The van der Waals surface area contributed by atoms with E-state index in [0.717, 1.165) is 0 Å². The molecule has 0 atom stereocenters. The molecule has 0 aliphatic carbocycles. The molecule has 1 aromatic heterocycles. The number of hydrogen-bond acceptors (Lipinski definition) is 4. The van der Waals surface area contributed by atoms with Crippen LogP contribution in [0.2, 0.25) is 0 Å². The summed E-state index contributed by atoms with van der Waals surface area (Å²) >= 11 is 3.28. The maximum absolute atomic E-state index is 12.1. The summed E-state index contributed by atoms with van der Waals surface area (Å²) in [5.74, 6) is 0.0572. The van der Waals surface area contributed by atoms with Crippen molar-refractivity contribution in [3.8, 4) is 0 Å². The number of hydrogen-bond donors (Lipinski definition) is 2. The predicted octanol–water partition coefficient (Wildman–Crippen LogP) is 2.24. The normalized spacial score (nSPS) is 10.2. The van der Waals surface area contributed by atoms with Crippen LogP contribution in [0.25, 0.3) is 0 Å². The molecule has 0 unspecified atom stereocenters. The highest BCUT2D eigenvalue weighted by Gasteiger charge is 2.13. The van der Waals surface area contributed by atoms with Crippen LogP contribution in [-0.2, 0) is 0 Å². The van der Waals surface area contributed by atoms with Crippen LogP contribution in [0, 0.1) is 0 Å². The number of nitrogen functional groups attached to an aromatic ring is 2. The Morgan fingerprint density at radius 1 is 1.24 bits per heavy atom. The van der Waals surface area contributed by atoms with E-state index in [9.17, 15) is 4.79 Å². The van der Waals surface area contributed by atoms with E-state index in [2.05, 4.69) is 20.9 Å². The van der Waals surface area contributed by atoms with E-state index in [1.54, 1.807) is 36.5 Å². The number of pyridine rings is 1. The second kappa shape index (κ2) is 4.55. The van der Waals surface area contributed by atoms with E-state index in [1.807, 2.05) is 0 Å². The van der Waals surface area contributed by atoms with Crippen molar-refractivity contribution < 1.29 is 4.79 Å². The molecule has 0 fully saturated rings. The van der Waals surface area contributed by atoms with E-state index in [1.165, 1.54) is 0 Å². The minimum atomic E-state index is -0.170. The van der Waals surface area contributed by atoms with E-state index >= 15 is 0 Å². The lowest BCUT2D eigenvalue weighted by atomic mass is 10.0. The minimum absolute atomic E-state index is 0.170. The van der Waals surface area contributed by atoms with Crippen LogP contribution in [0.1, 0.15) is 15.9 Å². The first-order chi connectivity index (χ1) is 8.09. The molecule has 4 nitrogen and oxygen atoms in total. The van der Waals surface area contributed by atoms with Crippen molar-refractivity contribution in [3.05, 3.63) is 52.1 Å². The van der Waals surface area contributed by atoms with Gasteiger partial charge in [-0.3, -0.25) is 4.79 Å². The summed E-state index contributed by atoms with van der Waals surface area (Å²) in [4.78, 5) is 16.0. The minimum Gasteiger partial charge on any atom is -0.398 e. The topological polar surface area (TPSA) is 82.0 Å². The summed E-state index contributed by atoms with van der Waals surface area (Å²) < 4.78 is 0.686. The lowest BCUT2D eigenvalue weighted by molar-refractivity contribution is 0.103. The van der Waals surface area contributed by atoms with Crippen molar-refractivity contribution in [2.24, 2.45) is 0 Å². The van der Waals surface area contributed by atoms with Gasteiger partial charge in [-0.05, 0) is 46.3 Å². The summed E-state index contributed by atoms with van der Waals surface area (Å²) in [5.41, 5.74) is 12.8. The van der Waals surface area contributed by atoms with E-state index in [4.69, 9.17) is 11.5 Å². The fraction of sp³-hybridized carbons (Fsp3) is 0. The molecule has 1 heterocycles. The summed E-state index contributed by atoms with van der Waals surface area (Å²) in [6.07, 6.45) is 1.55. The van der Waals surface area contributed by atoms with Crippen LogP contribution in [0.3, 0.4) is 0 Å². The van der Waals surface area contributed by atoms with Gasteiger partial charge in [0, 0.05) is 21.9 Å². The van der Waals surface area contributed by atoms with Crippen LogP contribution in [0.4, 0.5) is 11.5 Å². The zero-order valence-electron chi connectivity index (χ0n) is 8.85. The molecular weight excluding hydrogens is 282 g/mol. The van der Waals surface area contributed by atoms with E-state index in [0.29, 0.717) is 21.3 Å². The van der Waals surface area contributed by atoms with Gasteiger partial charge in [0.15, 0.2) is 5.78 Å². The van der Waals surface area contributed by atoms with Gasteiger partial charge in [0.1, 0.15) is 5.82 Å². The third-order valence-electron chi connectivity index (χ3n) is 2.35. The SMILES string of the molecule is Nc1ccc(C(=O)c2cccnc2N)cc1Br. The second-order valence-electron chi connectivity index (χ2n) is 3.50. The molecule has 0 saturated carbocycles. The molecule has 0 saturated heterocycles. The fourth-order valence-corrected chi connectivity index (χ4v) is 1.81. The van der Waals surface area contributed by atoms with Gasteiger partial charge in [0.25, 0.3) is 0 Å². The number of rotatable bonds is 2. The van der Waals surface area contributed by atoms with Gasteiger partial charge in [-0.2, -0.15) is 0 Å². The van der Waals surface area contributed by atoms with Crippen LogP contribution in [-0.4, -0.2) is 10.8 Å². The number of carbonyl (C=O) groups is 1. The summed E-state index contributed by atoms with van der Waals surface area (Å²) in [6.45, 7) is 0. The Morgan fingerprint density at radius 3 is 2.65 bits per heavy atom. The summed E-state index contributed by atoms with van der Waals surface area (Å²) in [7, 11) is 0. The molecule has 2 rings (SSSR count). The molecule has 86 valence electrons. The number of halogens is 1. The van der Waals surface area contributed by atoms with Crippen molar-refractivity contribution in [1.29, 1.82) is 0 Å². The zero-order valence-corrected chi connectivity index (χ0v) is 10.4. The molecular formula is C12H10BrN3O. The molecule has 5 heteroatoms. The zero-order chi connectivity index (χ0) is 12.4. The van der Waals surface area contributed by atoms with Crippen LogP contribution < -0.4 is 11.5 Å². The van der Waals surface area contributed by atoms with Gasteiger partial charge in [-0.1, -0.05) is 0 Å². The van der Waals surface area contributed by atoms with Gasteiger partial charge in [0.2, 0.25) is 0 Å². The number of nitrogens with two attached hydrogens (primary N) is 2. The van der Waals surface area contributed by atoms with Gasteiger partial charge in [-0.25, -0.2) is 4.98 Å². The Kier molecular flexibility index (Phi) is 3.10. The molecule has 0 aliphatic heterocycles. The first-order valence-electron chi connectivity index (χ1n) is 4.90. The fourth-order valence-electron chi connectivity index (χ4n) is 1.43. The molecule has 0 bridgehead atoms. The Morgan fingerprint density at radius 2 is 2.00 bits per heavy atom. The third kappa shape index (κ3) is 2.29. The number of carbonyl (C=O) groups excluding carboxylic acids is 1. The molecule has 4 N–H and O–H groups in total. The lowest BCUT2D eigenvalue weighted by Gasteiger charge is -2.05. The van der Waals surface area contributed by atoms with Crippen molar-refractivity contribution in [2.75, 3.05) is 11.5 Å². The standard InChI is InChI=1S/C12H10BrN3O/c13-9-6-7(3-4-10(9)14)11(17)8-2-1-5-16-12(8)15/h1-6H,14H2,(H2,15,16). The first-order valence-corrected chi connectivity index (χ1v) is 5.69. The first kappa shape index (κ1) is 11.6. The average molecular weight is 292 g/mol. The Bertz CT molecular complexity index is 584. The van der Waals surface area contributed by atoms with Gasteiger partial charge in [-0.15, -0.1) is 0 Å². The van der Waals surface area contributed by atoms with Crippen molar-refractivity contribution in [1.82, 2.24) is 4.98 Å². The molecule has 0 aliphatic rings. The lowest BCUT2D eigenvalue weighted by Crippen LogP contribution is -2.06. The highest BCUT2D eigenvalue weighted by atomic mass is 79.9. The number of ketones is 1. The second-order valence-corrected chi connectivity index (χ2v) is 4.36. The number of nitrogens with zero attached hydrogens (tertiary/aromatic N) is 1. The van der Waals surface area contributed by atoms with E-state index < -0.39 is 0 Å². The van der Waals surface area contributed by atoms with Crippen molar-refractivity contribution in [3.63, 3.8) is 0 Å². The maximum atomic E-state index is 12.1. The Hall–Kier alpha value is -1.88. The Labute approximate surface area is 107 Å². The van der Waals surface area contributed by atoms with Crippen molar-refractivity contribution in [2.45, 2.75) is 0 Å². The highest BCUT2D eigenvalue weighted by Crippen LogP contribution is 2.23. The summed E-state index contributed by atoms with van der Waals surface area (Å²) in [5, 5.41) is 0. The molecule has 0 spiro atoms. The van der Waals surface area contributed by atoms with Crippen LogP contribution in [0.15, 0.2) is 41.0 Å². The number of aromatic nitrogens is 1. The van der Waals surface area contributed by atoms with E-state index in [-0.39, 0.29) is 11.6 Å². The predicted molar refractivity (Wildman–Crippen MR) is 70.6 cm³/mol. The smallest absolute Gasteiger partial charge is 0.196 e. The van der Waals surface area contributed by atoms with Crippen molar-refractivity contribution >= 4 is 33.2 Å². The molecule has 1 aromatic carbocycles.